The van der Waals surface area contributed by atoms with Crippen LogP contribution in [0.25, 0.3) is 0 Å². The minimum atomic E-state index is 0.573. The molecule has 0 aromatic carbocycles. The average Bonchev–Trinajstić information content (AvgIpc) is 2.63. The number of nitrogens with two attached hydrogens (primary N) is 1. The third kappa shape index (κ3) is 3.33. The number of nitrogens with one attached hydrogen (secondary N) is 1. The molecular weight excluding hydrogens is 172 g/mol. The highest BCUT2D eigenvalue weighted by atomic mass is 14.8. The molecule has 0 aromatic rings. The molecule has 2 heteroatoms. The first kappa shape index (κ1) is 11.6. The van der Waals surface area contributed by atoms with Crippen LogP contribution >= 0.6 is 0 Å². The van der Waals surface area contributed by atoms with Crippen molar-refractivity contribution in [1.29, 1.82) is 0 Å². The van der Waals surface area contributed by atoms with E-state index in [1.807, 2.05) is 19.2 Å². The van der Waals surface area contributed by atoms with Crippen LogP contribution in [0.5, 0.6) is 0 Å². The zero-order valence-electron chi connectivity index (χ0n) is 9.39. The second kappa shape index (κ2) is 6.07. The molecule has 2 nitrogen and oxygen atoms in total. The van der Waals surface area contributed by atoms with Crippen LogP contribution < -0.4 is 11.1 Å². The van der Waals surface area contributed by atoms with Crippen LogP contribution in [0.4, 0.5) is 0 Å². The van der Waals surface area contributed by atoms with Gasteiger partial charge in [0.25, 0.3) is 0 Å². The monoisotopic (exact) mass is 196 g/mol. The highest BCUT2D eigenvalue weighted by molar-refractivity contribution is 4.86. The van der Waals surface area contributed by atoms with Crippen LogP contribution in [0.15, 0.2) is 12.3 Å². The van der Waals surface area contributed by atoms with Gasteiger partial charge in [0, 0.05) is 6.54 Å². The summed E-state index contributed by atoms with van der Waals surface area (Å²) in [6, 6.07) is 0. The Labute approximate surface area is 87.9 Å². The molecule has 0 atom stereocenters. The lowest BCUT2D eigenvalue weighted by Gasteiger charge is -2.28. The summed E-state index contributed by atoms with van der Waals surface area (Å²) in [5.74, 6) is 0. The van der Waals surface area contributed by atoms with Crippen LogP contribution in [-0.4, -0.2) is 13.1 Å². The molecule has 0 spiro atoms. The van der Waals surface area contributed by atoms with Crippen molar-refractivity contribution < 1.29 is 0 Å². The Hall–Kier alpha value is -0.500. The Bertz CT molecular complexity index is 169. The van der Waals surface area contributed by atoms with Gasteiger partial charge in [-0.1, -0.05) is 18.9 Å². The topological polar surface area (TPSA) is 38.0 Å². The van der Waals surface area contributed by atoms with Crippen molar-refractivity contribution in [3.05, 3.63) is 12.3 Å². The van der Waals surface area contributed by atoms with Crippen molar-refractivity contribution in [2.24, 2.45) is 11.1 Å². The molecule has 3 N–H and O–H groups in total. The fourth-order valence-corrected chi connectivity index (χ4v) is 2.59. The van der Waals surface area contributed by atoms with Crippen molar-refractivity contribution in [1.82, 2.24) is 5.32 Å². The van der Waals surface area contributed by atoms with Crippen LogP contribution in [0.1, 0.15) is 45.4 Å². The van der Waals surface area contributed by atoms with E-state index >= 15 is 0 Å². The number of rotatable bonds is 6. The summed E-state index contributed by atoms with van der Waals surface area (Å²) in [7, 11) is 0. The highest BCUT2D eigenvalue weighted by Gasteiger charge is 2.31. The first-order valence-corrected chi connectivity index (χ1v) is 5.88. The molecule has 0 unspecified atom stereocenters. The molecule has 0 amide bonds. The minimum Gasteiger partial charge on any atom is -0.391 e. The van der Waals surface area contributed by atoms with Crippen LogP contribution in [-0.2, 0) is 0 Å². The minimum absolute atomic E-state index is 0.573. The molecule has 1 rings (SSSR count). The van der Waals surface area contributed by atoms with E-state index in [1.165, 1.54) is 38.5 Å². The van der Waals surface area contributed by atoms with Gasteiger partial charge in [0.15, 0.2) is 0 Å². The lowest BCUT2D eigenvalue weighted by atomic mass is 9.79. The summed E-state index contributed by atoms with van der Waals surface area (Å²) < 4.78 is 0. The molecule has 0 bridgehead atoms. The molecule has 0 aromatic heterocycles. The van der Waals surface area contributed by atoms with E-state index in [9.17, 15) is 0 Å². The van der Waals surface area contributed by atoms with Crippen molar-refractivity contribution in [2.75, 3.05) is 13.1 Å². The SMILES string of the molecule is C/C=C/NCCC1(CCN)CCCC1. The molecule has 0 aliphatic heterocycles. The van der Waals surface area contributed by atoms with E-state index in [4.69, 9.17) is 5.73 Å². The maximum absolute atomic E-state index is 5.69. The number of hydrogen-bond acceptors (Lipinski definition) is 2. The quantitative estimate of drug-likeness (QED) is 0.640. The number of hydrogen-bond donors (Lipinski definition) is 2. The largest absolute Gasteiger partial charge is 0.391 e. The van der Waals surface area contributed by atoms with Gasteiger partial charge < -0.3 is 11.1 Å². The lowest BCUT2D eigenvalue weighted by molar-refractivity contribution is 0.253. The average molecular weight is 196 g/mol. The molecule has 1 saturated carbocycles. The van der Waals surface area contributed by atoms with Crippen molar-refractivity contribution in [2.45, 2.75) is 45.4 Å². The summed E-state index contributed by atoms with van der Waals surface area (Å²) in [4.78, 5) is 0. The van der Waals surface area contributed by atoms with Crippen molar-refractivity contribution in [3.63, 3.8) is 0 Å². The van der Waals surface area contributed by atoms with Gasteiger partial charge in [0.1, 0.15) is 0 Å². The zero-order valence-corrected chi connectivity index (χ0v) is 9.39. The highest BCUT2D eigenvalue weighted by Crippen LogP contribution is 2.43. The predicted molar refractivity (Wildman–Crippen MR) is 62.0 cm³/mol. The Balaban J connectivity index is 2.28. The molecular formula is C12H24N2. The van der Waals surface area contributed by atoms with Gasteiger partial charge in [0.2, 0.25) is 0 Å². The van der Waals surface area contributed by atoms with E-state index < -0.39 is 0 Å². The predicted octanol–water partition coefficient (Wildman–Crippen LogP) is 2.41. The van der Waals surface area contributed by atoms with Gasteiger partial charge >= 0.3 is 0 Å². The van der Waals surface area contributed by atoms with Gasteiger partial charge in [-0.2, -0.15) is 0 Å². The fourth-order valence-electron chi connectivity index (χ4n) is 2.59. The molecule has 1 fully saturated rings. The lowest BCUT2D eigenvalue weighted by Crippen LogP contribution is -2.25. The van der Waals surface area contributed by atoms with Crippen molar-refractivity contribution in [3.8, 4) is 0 Å². The van der Waals surface area contributed by atoms with E-state index in [0.717, 1.165) is 13.1 Å². The Kier molecular flexibility index (Phi) is 5.02. The maximum Gasteiger partial charge on any atom is 0.0146 e. The zero-order chi connectivity index (χ0) is 10.3. The third-order valence-electron chi connectivity index (χ3n) is 3.42. The van der Waals surface area contributed by atoms with Crippen LogP contribution in [0.3, 0.4) is 0 Å². The number of allylic oxidation sites excluding steroid dienone is 1. The van der Waals surface area contributed by atoms with Gasteiger partial charge in [0.05, 0.1) is 0 Å². The molecule has 14 heavy (non-hydrogen) atoms. The normalized spacial score (nSPS) is 20.4. The van der Waals surface area contributed by atoms with E-state index in [1.54, 1.807) is 0 Å². The second-order valence-corrected chi connectivity index (χ2v) is 4.45. The van der Waals surface area contributed by atoms with Gasteiger partial charge in [-0.15, -0.1) is 0 Å². The summed E-state index contributed by atoms with van der Waals surface area (Å²) >= 11 is 0. The first-order chi connectivity index (χ1) is 6.83. The van der Waals surface area contributed by atoms with Crippen LogP contribution in [0.2, 0.25) is 0 Å². The molecule has 0 heterocycles. The second-order valence-electron chi connectivity index (χ2n) is 4.45. The summed E-state index contributed by atoms with van der Waals surface area (Å²) in [5, 5.41) is 3.32. The van der Waals surface area contributed by atoms with Crippen molar-refractivity contribution >= 4 is 0 Å². The summed E-state index contributed by atoms with van der Waals surface area (Å²) in [6.07, 6.45) is 12.2. The third-order valence-corrected chi connectivity index (χ3v) is 3.42. The molecule has 82 valence electrons. The summed E-state index contributed by atoms with van der Waals surface area (Å²) in [5.41, 5.74) is 6.26. The Morgan fingerprint density at radius 2 is 2.00 bits per heavy atom. The standard InChI is InChI=1S/C12H24N2/c1-2-10-14-11-8-12(7-9-13)5-3-4-6-12/h2,10,14H,3-9,11,13H2,1H3/b10-2+. The first-order valence-electron chi connectivity index (χ1n) is 5.88. The molecule has 0 saturated heterocycles. The van der Waals surface area contributed by atoms with Gasteiger partial charge in [-0.3, -0.25) is 0 Å². The molecule has 0 radical (unpaired) electrons. The molecule has 1 aliphatic carbocycles. The molecule has 1 aliphatic rings. The maximum atomic E-state index is 5.69. The fraction of sp³-hybridized carbons (Fsp3) is 0.833. The van der Waals surface area contributed by atoms with Gasteiger partial charge in [-0.25, -0.2) is 0 Å². The van der Waals surface area contributed by atoms with E-state index in [-0.39, 0.29) is 0 Å². The van der Waals surface area contributed by atoms with Crippen LogP contribution in [0, 0.1) is 5.41 Å². The summed E-state index contributed by atoms with van der Waals surface area (Å²) in [6.45, 7) is 3.99. The Morgan fingerprint density at radius 1 is 1.29 bits per heavy atom. The Morgan fingerprint density at radius 3 is 2.57 bits per heavy atom. The van der Waals surface area contributed by atoms with E-state index in [2.05, 4.69) is 5.32 Å². The van der Waals surface area contributed by atoms with E-state index in [0.29, 0.717) is 5.41 Å². The van der Waals surface area contributed by atoms with Gasteiger partial charge in [-0.05, 0) is 50.8 Å². The smallest absolute Gasteiger partial charge is 0.0146 e.